The van der Waals surface area contributed by atoms with Gasteiger partial charge in [0.15, 0.2) is 0 Å². The van der Waals surface area contributed by atoms with Gasteiger partial charge in [0.1, 0.15) is 11.4 Å². The van der Waals surface area contributed by atoms with Crippen LogP contribution in [0.25, 0.3) is 22.3 Å². The largest absolute Gasteiger partial charge is 0.335 e. The van der Waals surface area contributed by atoms with E-state index in [2.05, 4.69) is 5.16 Å². The van der Waals surface area contributed by atoms with Crippen LogP contribution in [-0.2, 0) is 16.1 Å². The number of carbonyl (C=O) groups is 1. The van der Waals surface area contributed by atoms with Crippen molar-refractivity contribution < 1.29 is 9.63 Å². The molecule has 1 heterocycles. The maximum Gasteiger partial charge on any atom is 0.335 e. The van der Waals surface area contributed by atoms with Crippen LogP contribution in [0.3, 0.4) is 0 Å². The highest BCUT2D eigenvalue weighted by Gasteiger charge is 2.29. The average molecular weight is 379 g/mol. The van der Waals surface area contributed by atoms with E-state index in [0.717, 1.165) is 33.4 Å². The Morgan fingerprint density at radius 2 is 1.38 bits per heavy atom. The van der Waals surface area contributed by atoms with E-state index in [1.54, 1.807) is 0 Å². The van der Waals surface area contributed by atoms with Gasteiger partial charge in [0.25, 0.3) is 0 Å². The van der Waals surface area contributed by atoms with Gasteiger partial charge in [-0.1, -0.05) is 71.9 Å². The summed E-state index contributed by atoms with van der Waals surface area (Å²) >= 11 is 0. The zero-order chi connectivity index (χ0) is 19.6. The molecule has 1 aliphatic carbocycles. The number of hydrogen-bond acceptors (Lipinski definition) is 5. The monoisotopic (exact) mass is 379 g/mol. The SMILES string of the molecule is O=C(CCc1ccccc1)O/N=C1\c2ccccc2-c2nc3ccccc3nc21. The van der Waals surface area contributed by atoms with Crippen LogP contribution < -0.4 is 0 Å². The minimum Gasteiger partial charge on any atom is -0.318 e. The summed E-state index contributed by atoms with van der Waals surface area (Å²) in [5.74, 6) is -0.374. The number of hydrogen-bond donors (Lipinski definition) is 0. The molecule has 0 atom stereocenters. The third kappa shape index (κ3) is 3.27. The van der Waals surface area contributed by atoms with Crippen LogP contribution in [0.2, 0.25) is 0 Å². The van der Waals surface area contributed by atoms with Crippen molar-refractivity contribution in [1.29, 1.82) is 0 Å². The standard InChI is InChI=1S/C24H17N3O2/c28-21(15-14-16-8-2-1-3-9-16)29-27-23-18-11-5-4-10-17(18)22-24(23)26-20-13-7-6-12-19(20)25-22/h1-13H,14-15H2/b27-23+. The second-order valence-corrected chi connectivity index (χ2v) is 6.84. The minimum atomic E-state index is -0.374. The van der Waals surface area contributed by atoms with E-state index in [1.165, 1.54) is 0 Å². The van der Waals surface area contributed by atoms with Gasteiger partial charge in [-0.3, -0.25) is 0 Å². The van der Waals surface area contributed by atoms with Crippen molar-refractivity contribution in [3.8, 4) is 11.3 Å². The molecule has 140 valence electrons. The van der Waals surface area contributed by atoms with Gasteiger partial charge in [-0.2, -0.15) is 0 Å². The normalized spacial score (nSPS) is 13.3. The number of carbonyl (C=O) groups excluding carboxylic acids is 1. The van der Waals surface area contributed by atoms with E-state index in [1.807, 2.05) is 78.9 Å². The van der Waals surface area contributed by atoms with Gasteiger partial charge < -0.3 is 4.84 Å². The molecule has 0 spiro atoms. The van der Waals surface area contributed by atoms with Gasteiger partial charge in [-0.25, -0.2) is 14.8 Å². The first-order valence-corrected chi connectivity index (χ1v) is 9.48. The lowest BCUT2D eigenvalue weighted by Crippen LogP contribution is -2.07. The van der Waals surface area contributed by atoms with E-state index in [-0.39, 0.29) is 12.4 Å². The second-order valence-electron chi connectivity index (χ2n) is 6.84. The first-order valence-electron chi connectivity index (χ1n) is 9.48. The van der Waals surface area contributed by atoms with Crippen LogP contribution in [0.4, 0.5) is 0 Å². The van der Waals surface area contributed by atoms with Gasteiger partial charge in [-0.05, 0) is 24.1 Å². The first-order chi connectivity index (χ1) is 14.3. The van der Waals surface area contributed by atoms with Crippen molar-refractivity contribution >= 4 is 22.7 Å². The fourth-order valence-electron chi connectivity index (χ4n) is 3.50. The van der Waals surface area contributed by atoms with Gasteiger partial charge in [0.05, 0.1) is 23.1 Å². The Balaban J connectivity index is 1.45. The molecule has 5 nitrogen and oxygen atoms in total. The summed E-state index contributed by atoms with van der Waals surface area (Å²) in [5, 5.41) is 4.19. The van der Waals surface area contributed by atoms with Gasteiger partial charge in [-0.15, -0.1) is 0 Å². The Hall–Kier alpha value is -3.86. The smallest absolute Gasteiger partial charge is 0.318 e. The summed E-state index contributed by atoms with van der Waals surface area (Å²) in [4.78, 5) is 27.0. The van der Waals surface area contributed by atoms with E-state index in [4.69, 9.17) is 14.8 Å². The third-order valence-electron chi connectivity index (χ3n) is 4.93. The molecule has 0 fully saturated rings. The topological polar surface area (TPSA) is 64.4 Å². The Bertz CT molecular complexity index is 1250. The van der Waals surface area contributed by atoms with E-state index in [9.17, 15) is 4.79 Å². The molecule has 4 aromatic rings. The van der Waals surface area contributed by atoms with Crippen molar-refractivity contribution in [2.45, 2.75) is 12.8 Å². The highest BCUT2D eigenvalue weighted by Crippen LogP contribution is 2.35. The summed E-state index contributed by atoms with van der Waals surface area (Å²) in [6, 6.07) is 25.4. The van der Waals surface area contributed by atoms with Crippen molar-refractivity contribution in [3.05, 3.63) is 95.7 Å². The lowest BCUT2D eigenvalue weighted by Gasteiger charge is -2.03. The molecule has 0 amide bonds. The molecular weight excluding hydrogens is 362 g/mol. The molecule has 0 bridgehead atoms. The molecule has 1 aromatic heterocycles. The van der Waals surface area contributed by atoms with Gasteiger partial charge in [0, 0.05) is 11.1 Å². The van der Waals surface area contributed by atoms with Crippen molar-refractivity contribution in [2.75, 3.05) is 0 Å². The molecule has 5 rings (SSSR count). The predicted molar refractivity (Wildman–Crippen MR) is 111 cm³/mol. The zero-order valence-electron chi connectivity index (χ0n) is 15.6. The maximum absolute atomic E-state index is 12.2. The number of fused-ring (bicyclic) bond motifs is 4. The highest BCUT2D eigenvalue weighted by molar-refractivity contribution is 6.23. The molecule has 5 heteroatoms. The second kappa shape index (κ2) is 7.28. The number of aromatic nitrogens is 2. The third-order valence-corrected chi connectivity index (χ3v) is 4.93. The van der Waals surface area contributed by atoms with E-state index in [0.29, 0.717) is 17.8 Å². The molecule has 1 aliphatic rings. The molecule has 0 aliphatic heterocycles. The van der Waals surface area contributed by atoms with Crippen LogP contribution in [0.1, 0.15) is 23.2 Å². The lowest BCUT2D eigenvalue weighted by molar-refractivity contribution is -0.143. The molecular formula is C24H17N3O2. The molecule has 0 saturated carbocycles. The summed E-state index contributed by atoms with van der Waals surface area (Å²) in [5.41, 5.74) is 6.45. The van der Waals surface area contributed by atoms with Crippen molar-refractivity contribution in [2.24, 2.45) is 5.16 Å². The van der Waals surface area contributed by atoms with Crippen LogP contribution in [-0.4, -0.2) is 21.6 Å². The molecule has 0 N–H and O–H groups in total. The van der Waals surface area contributed by atoms with Crippen molar-refractivity contribution in [1.82, 2.24) is 9.97 Å². The fraction of sp³-hybridized carbons (Fsp3) is 0.0833. The quantitative estimate of drug-likeness (QED) is 0.340. The number of rotatable bonds is 4. The first kappa shape index (κ1) is 17.3. The average Bonchev–Trinajstić information content (AvgIpc) is 3.08. The lowest BCUT2D eigenvalue weighted by atomic mass is 10.1. The predicted octanol–water partition coefficient (Wildman–Crippen LogP) is 4.54. The van der Waals surface area contributed by atoms with Crippen LogP contribution in [0.15, 0.2) is 84.0 Å². The number of benzene rings is 3. The van der Waals surface area contributed by atoms with E-state index < -0.39 is 0 Å². The van der Waals surface area contributed by atoms with Crippen molar-refractivity contribution in [3.63, 3.8) is 0 Å². The Labute approximate surface area is 167 Å². The number of aryl methyl sites for hydroxylation is 1. The molecule has 29 heavy (non-hydrogen) atoms. The molecule has 0 radical (unpaired) electrons. The summed E-state index contributed by atoms with van der Waals surface area (Å²) in [6.45, 7) is 0. The van der Waals surface area contributed by atoms with Gasteiger partial charge in [0.2, 0.25) is 0 Å². The number of nitrogens with zero attached hydrogens (tertiary/aromatic N) is 3. The molecule has 0 unspecified atom stereocenters. The minimum absolute atomic E-state index is 0.263. The summed E-state index contributed by atoms with van der Waals surface area (Å²) in [6.07, 6.45) is 0.876. The fourth-order valence-corrected chi connectivity index (χ4v) is 3.50. The van der Waals surface area contributed by atoms with Crippen LogP contribution in [0.5, 0.6) is 0 Å². The van der Waals surface area contributed by atoms with Gasteiger partial charge >= 0.3 is 5.97 Å². The van der Waals surface area contributed by atoms with E-state index >= 15 is 0 Å². The Kier molecular flexibility index (Phi) is 4.33. The number of para-hydroxylation sites is 2. The molecule has 0 saturated heterocycles. The van der Waals surface area contributed by atoms with Crippen LogP contribution in [0, 0.1) is 0 Å². The van der Waals surface area contributed by atoms with Crippen LogP contribution >= 0.6 is 0 Å². The zero-order valence-corrected chi connectivity index (χ0v) is 15.6. The highest BCUT2D eigenvalue weighted by atomic mass is 16.7. The molecule has 3 aromatic carbocycles. The Morgan fingerprint density at radius 3 is 2.14 bits per heavy atom. The summed E-state index contributed by atoms with van der Waals surface area (Å²) in [7, 11) is 0. The Morgan fingerprint density at radius 1 is 0.759 bits per heavy atom. The number of oxime groups is 1. The summed E-state index contributed by atoms with van der Waals surface area (Å²) < 4.78 is 0. The maximum atomic E-state index is 12.2.